The largest absolute Gasteiger partial charge is 0.491 e. The Kier molecular flexibility index (Phi) is 9.72. The van der Waals surface area contributed by atoms with E-state index in [1.165, 1.54) is 28.0 Å². The summed E-state index contributed by atoms with van der Waals surface area (Å²) in [5.74, 6) is 0.0573. The SMILES string of the molecule is CCOC(=O)C1=C(C)N=c2s/c(=C/c3cc(Cl)c(OCc4cccc(F)c4)c(Br)c3)c(=O)n2[C@@H]1c1ccccc1OC(C)C. The molecule has 5 rings (SSSR count). The van der Waals surface area contributed by atoms with E-state index in [0.717, 1.165) is 0 Å². The van der Waals surface area contributed by atoms with Crippen LogP contribution in [0.4, 0.5) is 4.39 Å². The first kappa shape index (κ1) is 31.7. The van der Waals surface area contributed by atoms with Crippen molar-refractivity contribution in [2.24, 2.45) is 4.99 Å². The van der Waals surface area contributed by atoms with Crippen molar-refractivity contribution in [1.82, 2.24) is 4.57 Å². The van der Waals surface area contributed by atoms with Crippen LogP contribution in [0.3, 0.4) is 0 Å². The molecule has 0 saturated heterocycles. The average Bonchev–Trinajstić information content (AvgIpc) is 3.26. The second-order valence-corrected chi connectivity index (χ2v) is 12.5. The number of para-hydroxylation sites is 1. The van der Waals surface area contributed by atoms with Crippen LogP contribution in [0.5, 0.6) is 11.5 Å². The number of carbonyl (C=O) groups is 1. The molecular formula is C33H29BrClFN2O5S. The van der Waals surface area contributed by atoms with Crippen molar-refractivity contribution in [3.63, 3.8) is 0 Å². The van der Waals surface area contributed by atoms with Crippen LogP contribution in [-0.2, 0) is 16.1 Å². The van der Waals surface area contributed by atoms with Crippen LogP contribution in [0, 0.1) is 5.82 Å². The normalized spacial score (nSPS) is 14.8. The minimum Gasteiger partial charge on any atom is -0.491 e. The van der Waals surface area contributed by atoms with Crippen molar-refractivity contribution in [3.8, 4) is 11.5 Å². The third kappa shape index (κ3) is 6.67. The van der Waals surface area contributed by atoms with Crippen LogP contribution in [0.2, 0.25) is 5.02 Å². The summed E-state index contributed by atoms with van der Waals surface area (Å²) >= 11 is 11.3. The second kappa shape index (κ2) is 13.5. The lowest BCUT2D eigenvalue weighted by Crippen LogP contribution is -2.40. The van der Waals surface area contributed by atoms with Crippen LogP contribution < -0.4 is 24.4 Å². The summed E-state index contributed by atoms with van der Waals surface area (Å²) in [6, 6.07) is 16.1. The molecule has 7 nitrogen and oxygen atoms in total. The van der Waals surface area contributed by atoms with E-state index >= 15 is 0 Å². The van der Waals surface area contributed by atoms with Crippen molar-refractivity contribution >= 4 is 50.9 Å². The van der Waals surface area contributed by atoms with Crippen LogP contribution in [0.1, 0.15) is 50.4 Å². The number of rotatable bonds is 9. The Morgan fingerprint density at radius 1 is 1.18 bits per heavy atom. The number of carbonyl (C=O) groups excluding carboxylic acids is 1. The van der Waals surface area contributed by atoms with Gasteiger partial charge in [-0.3, -0.25) is 9.36 Å². The number of nitrogens with zero attached hydrogens (tertiary/aromatic N) is 2. The van der Waals surface area contributed by atoms with Gasteiger partial charge in [-0.25, -0.2) is 14.2 Å². The molecule has 0 N–H and O–H groups in total. The number of thiazole rings is 1. The minimum absolute atomic E-state index is 0.123. The van der Waals surface area contributed by atoms with Crippen LogP contribution in [0.15, 0.2) is 86.2 Å². The van der Waals surface area contributed by atoms with Gasteiger partial charge in [-0.1, -0.05) is 53.3 Å². The van der Waals surface area contributed by atoms with Crippen molar-refractivity contribution in [2.75, 3.05) is 6.61 Å². The number of halogens is 3. The molecule has 11 heteroatoms. The van der Waals surface area contributed by atoms with Gasteiger partial charge in [-0.2, -0.15) is 0 Å². The van der Waals surface area contributed by atoms with E-state index in [4.69, 9.17) is 25.8 Å². The standard InChI is InChI=1S/C33H29BrClFN2O5S/c1-5-41-32(40)28-19(4)37-33-38(29(28)23-11-6-7-12-26(23)43-18(2)3)31(39)27(44-33)16-21-14-24(34)30(25(35)15-21)42-17-20-9-8-10-22(36)13-20/h6-16,18,29H,5,17H2,1-4H3/b27-16+/t29-/m1/s1. The molecule has 2 heterocycles. The molecule has 228 valence electrons. The smallest absolute Gasteiger partial charge is 0.338 e. The third-order valence-electron chi connectivity index (χ3n) is 6.68. The highest BCUT2D eigenvalue weighted by molar-refractivity contribution is 9.10. The summed E-state index contributed by atoms with van der Waals surface area (Å²) in [6.07, 6.45) is 1.58. The minimum atomic E-state index is -0.809. The van der Waals surface area contributed by atoms with Gasteiger partial charge in [0.2, 0.25) is 0 Å². The zero-order valence-corrected chi connectivity index (χ0v) is 27.6. The molecule has 1 aromatic heterocycles. The Balaban J connectivity index is 1.59. The first-order chi connectivity index (χ1) is 21.1. The van der Waals surface area contributed by atoms with E-state index in [1.807, 2.05) is 38.1 Å². The Hall–Kier alpha value is -3.73. The second-order valence-electron chi connectivity index (χ2n) is 10.2. The van der Waals surface area contributed by atoms with Gasteiger partial charge >= 0.3 is 5.97 Å². The predicted octanol–water partition coefficient (Wildman–Crippen LogP) is 6.72. The summed E-state index contributed by atoms with van der Waals surface area (Å²) in [5, 5.41) is 0.313. The summed E-state index contributed by atoms with van der Waals surface area (Å²) in [6.45, 7) is 7.59. The lowest BCUT2D eigenvalue weighted by atomic mass is 9.95. The van der Waals surface area contributed by atoms with Gasteiger partial charge in [-0.05, 0) is 91.2 Å². The molecule has 0 spiro atoms. The molecule has 4 aromatic rings. The molecule has 3 aromatic carbocycles. The Labute approximate surface area is 271 Å². The van der Waals surface area contributed by atoms with E-state index in [-0.39, 0.29) is 36.3 Å². The molecule has 0 aliphatic carbocycles. The third-order valence-corrected chi connectivity index (χ3v) is 8.54. The fraction of sp³-hybridized carbons (Fsp3) is 0.242. The maximum atomic E-state index is 14.1. The Morgan fingerprint density at radius 2 is 1.95 bits per heavy atom. The summed E-state index contributed by atoms with van der Waals surface area (Å²) < 4.78 is 33.4. The van der Waals surface area contributed by atoms with Crippen LogP contribution in [-0.4, -0.2) is 23.2 Å². The first-order valence-electron chi connectivity index (χ1n) is 13.9. The van der Waals surface area contributed by atoms with Gasteiger partial charge in [0.05, 0.1) is 38.0 Å². The Morgan fingerprint density at radius 3 is 2.66 bits per heavy atom. The van der Waals surface area contributed by atoms with E-state index < -0.39 is 12.0 Å². The number of esters is 1. The van der Waals surface area contributed by atoms with E-state index in [2.05, 4.69) is 20.9 Å². The van der Waals surface area contributed by atoms with Crippen molar-refractivity contribution in [2.45, 2.75) is 46.4 Å². The first-order valence-corrected chi connectivity index (χ1v) is 15.9. The highest BCUT2D eigenvalue weighted by Gasteiger charge is 2.35. The number of hydrogen-bond donors (Lipinski definition) is 0. The zero-order valence-electron chi connectivity index (χ0n) is 24.4. The number of benzene rings is 3. The van der Waals surface area contributed by atoms with Gasteiger partial charge in [-0.15, -0.1) is 0 Å². The van der Waals surface area contributed by atoms with Crippen molar-refractivity contribution in [1.29, 1.82) is 0 Å². The number of ether oxygens (including phenoxy) is 3. The topological polar surface area (TPSA) is 79.1 Å². The highest BCUT2D eigenvalue weighted by atomic mass is 79.9. The van der Waals surface area contributed by atoms with Gasteiger partial charge in [0.15, 0.2) is 10.6 Å². The molecular weight excluding hydrogens is 671 g/mol. The molecule has 0 unspecified atom stereocenters. The lowest BCUT2D eigenvalue weighted by molar-refractivity contribution is -0.139. The molecule has 0 amide bonds. The molecule has 1 aliphatic rings. The van der Waals surface area contributed by atoms with Crippen molar-refractivity contribution < 1.29 is 23.4 Å². The van der Waals surface area contributed by atoms with Crippen LogP contribution in [0.25, 0.3) is 6.08 Å². The summed E-state index contributed by atoms with van der Waals surface area (Å²) in [5.41, 5.74) is 2.36. The van der Waals surface area contributed by atoms with E-state index in [9.17, 15) is 14.0 Å². The number of allylic oxidation sites excluding steroid dienone is 1. The van der Waals surface area contributed by atoms with Gasteiger partial charge in [0.25, 0.3) is 5.56 Å². The molecule has 0 fully saturated rings. The molecule has 44 heavy (non-hydrogen) atoms. The number of fused-ring (bicyclic) bond motifs is 1. The fourth-order valence-electron chi connectivity index (χ4n) is 4.89. The lowest BCUT2D eigenvalue weighted by Gasteiger charge is -2.26. The molecule has 0 bridgehead atoms. The zero-order chi connectivity index (χ0) is 31.5. The maximum absolute atomic E-state index is 14.1. The van der Waals surface area contributed by atoms with Gasteiger partial charge in [0, 0.05) is 5.56 Å². The molecule has 0 radical (unpaired) electrons. The highest BCUT2D eigenvalue weighted by Crippen LogP contribution is 2.37. The van der Waals surface area contributed by atoms with Crippen LogP contribution >= 0.6 is 38.9 Å². The predicted molar refractivity (Wildman–Crippen MR) is 172 cm³/mol. The van der Waals surface area contributed by atoms with E-state index in [0.29, 0.717) is 52.7 Å². The summed E-state index contributed by atoms with van der Waals surface area (Å²) in [4.78, 5) is 32.4. The quantitative estimate of drug-likeness (QED) is 0.181. The number of aromatic nitrogens is 1. The van der Waals surface area contributed by atoms with Gasteiger partial charge < -0.3 is 14.2 Å². The van der Waals surface area contributed by atoms with E-state index in [1.54, 1.807) is 44.2 Å². The molecule has 1 atom stereocenters. The van der Waals surface area contributed by atoms with Gasteiger partial charge in [0.1, 0.15) is 24.2 Å². The Bertz CT molecular complexity index is 1930. The van der Waals surface area contributed by atoms with Crippen molar-refractivity contribution in [3.05, 3.63) is 124 Å². The average molecular weight is 700 g/mol. The fourth-order valence-corrected chi connectivity index (χ4v) is 6.92. The maximum Gasteiger partial charge on any atom is 0.338 e. The molecule has 1 aliphatic heterocycles. The molecule has 0 saturated carbocycles. The monoisotopic (exact) mass is 698 g/mol. The number of hydrogen-bond acceptors (Lipinski definition) is 7. The summed E-state index contributed by atoms with van der Waals surface area (Å²) in [7, 11) is 0.